The number of nitrogens with two attached hydrogens (primary N) is 1. The van der Waals surface area contributed by atoms with Crippen LogP contribution in [0.25, 0.3) is 0 Å². The van der Waals surface area contributed by atoms with E-state index < -0.39 is 0 Å². The summed E-state index contributed by atoms with van der Waals surface area (Å²) in [6, 6.07) is 10.4. The van der Waals surface area contributed by atoms with Crippen molar-refractivity contribution in [3.63, 3.8) is 0 Å². The minimum absolute atomic E-state index is 0.246. The van der Waals surface area contributed by atoms with Crippen molar-refractivity contribution < 1.29 is 4.74 Å². The lowest BCUT2D eigenvalue weighted by atomic mass is 10.2. The van der Waals surface area contributed by atoms with Crippen molar-refractivity contribution in [2.45, 2.75) is 6.61 Å². The highest BCUT2D eigenvalue weighted by atomic mass is 35.5. The van der Waals surface area contributed by atoms with E-state index in [1.807, 2.05) is 0 Å². The first-order chi connectivity index (χ1) is 9.49. The largest absolute Gasteiger partial charge is 0.489 e. The second-order valence-corrected chi connectivity index (χ2v) is 5.66. The molecule has 20 heavy (non-hydrogen) atoms. The Morgan fingerprint density at radius 1 is 1.05 bits per heavy atom. The van der Waals surface area contributed by atoms with Gasteiger partial charge in [0.2, 0.25) is 0 Å². The van der Waals surface area contributed by atoms with Crippen LogP contribution in [0.15, 0.2) is 36.4 Å². The second-order valence-electron chi connectivity index (χ2n) is 3.99. The molecule has 2 nitrogen and oxygen atoms in total. The summed E-state index contributed by atoms with van der Waals surface area (Å²) in [7, 11) is 0. The number of ether oxygens (including phenoxy) is 1. The highest BCUT2D eigenvalue weighted by Gasteiger charge is 2.08. The zero-order valence-corrected chi connectivity index (χ0v) is 13.3. The Labute approximate surface area is 137 Å². The van der Waals surface area contributed by atoms with Crippen LogP contribution in [0.1, 0.15) is 11.1 Å². The topological polar surface area (TPSA) is 35.2 Å². The fourth-order valence-electron chi connectivity index (χ4n) is 1.61. The number of hydrogen-bond acceptors (Lipinski definition) is 2. The standard InChI is InChI=1S/C14H10Cl3NOS/c15-11-2-1-3-12(16)10(11)7-19-8-4-5-9(14(18)20)13(17)6-8/h1-6H,7H2,(H2,18,20). The number of benzene rings is 2. The number of rotatable bonds is 4. The van der Waals surface area contributed by atoms with E-state index in [1.165, 1.54) is 0 Å². The summed E-state index contributed by atoms with van der Waals surface area (Å²) in [5.41, 5.74) is 6.88. The summed E-state index contributed by atoms with van der Waals surface area (Å²) in [6.07, 6.45) is 0. The molecule has 0 radical (unpaired) electrons. The average Bonchev–Trinajstić information content (AvgIpc) is 2.37. The Morgan fingerprint density at radius 2 is 1.70 bits per heavy atom. The molecule has 0 aliphatic heterocycles. The minimum atomic E-state index is 0.246. The third kappa shape index (κ3) is 3.55. The van der Waals surface area contributed by atoms with Crippen molar-refractivity contribution in [3.8, 4) is 5.75 Å². The van der Waals surface area contributed by atoms with Gasteiger partial charge in [0.05, 0.1) is 5.02 Å². The molecular weight excluding hydrogens is 337 g/mol. The zero-order chi connectivity index (χ0) is 14.7. The van der Waals surface area contributed by atoms with Crippen molar-refractivity contribution in [1.82, 2.24) is 0 Å². The predicted octanol–water partition coefficient (Wildman–Crippen LogP) is 4.86. The maximum absolute atomic E-state index is 6.07. The van der Waals surface area contributed by atoms with E-state index in [-0.39, 0.29) is 11.6 Å². The number of halogens is 3. The Bertz CT molecular complexity index is 641. The van der Waals surface area contributed by atoms with Gasteiger partial charge in [-0.05, 0) is 30.3 Å². The molecule has 0 saturated heterocycles. The molecule has 0 amide bonds. The minimum Gasteiger partial charge on any atom is -0.489 e. The second kappa shape index (κ2) is 6.64. The third-order valence-corrected chi connectivity index (χ3v) is 3.89. The first kappa shape index (κ1) is 15.4. The van der Waals surface area contributed by atoms with Crippen LogP contribution < -0.4 is 10.5 Å². The first-order valence-corrected chi connectivity index (χ1v) is 7.18. The Hall–Kier alpha value is -1.000. The summed E-state index contributed by atoms with van der Waals surface area (Å²) in [5.74, 6) is 0.589. The van der Waals surface area contributed by atoms with Crippen LogP contribution >= 0.6 is 47.0 Å². The average molecular weight is 347 g/mol. The van der Waals surface area contributed by atoms with Gasteiger partial charge in [0.25, 0.3) is 0 Å². The van der Waals surface area contributed by atoms with Gasteiger partial charge in [0.15, 0.2) is 0 Å². The van der Waals surface area contributed by atoms with Gasteiger partial charge in [-0.3, -0.25) is 0 Å². The fourth-order valence-corrected chi connectivity index (χ4v) is 2.62. The number of thiocarbonyl (C=S) groups is 1. The summed E-state index contributed by atoms with van der Waals surface area (Å²) < 4.78 is 5.63. The van der Waals surface area contributed by atoms with Gasteiger partial charge in [-0.1, -0.05) is 53.1 Å². The van der Waals surface area contributed by atoms with Gasteiger partial charge in [0.1, 0.15) is 17.3 Å². The zero-order valence-electron chi connectivity index (χ0n) is 10.2. The van der Waals surface area contributed by atoms with Crippen molar-refractivity contribution in [1.29, 1.82) is 0 Å². The van der Waals surface area contributed by atoms with Crippen molar-refractivity contribution in [2.75, 3.05) is 0 Å². The van der Waals surface area contributed by atoms with E-state index >= 15 is 0 Å². The van der Waals surface area contributed by atoms with Crippen molar-refractivity contribution >= 4 is 52.0 Å². The summed E-state index contributed by atoms with van der Waals surface area (Å²) >= 11 is 23.1. The summed E-state index contributed by atoms with van der Waals surface area (Å²) in [5, 5.41) is 1.56. The van der Waals surface area contributed by atoms with Crippen molar-refractivity contribution in [3.05, 3.63) is 62.6 Å². The van der Waals surface area contributed by atoms with E-state index in [1.54, 1.807) is 36.4 Å². The Kier molecular flexibility index (Phi) is 5.11. The van der Waals surface area contributed by atoms with E-state index in [0.29, 0.717) is 26.4 Å². The lowest BCUT2D eigenvalue weighted by molar-refractivity contribution is 0.306. The van der Waals surface area contributed by atoms with Gasteiger partial charge in [0, 0.05) is 21.2 Å². The van der Waals surface area contributed by atoms with Crippen molar-refractivity contribution in [2.24, 2.45) is 5.73 Å². The number of hydrogen-bond donors (Lipinski definition) is 1. The molecule has 2 rings (SSSR count). The molecule has 0 saturated carbocycles. The smallest absolute Gasteiger partial charge is 0.121 e. The van der Waals surface area contributed by atoms with Crippen LogP contribution in [-0.4, -0.2) is 4.99 Å². The van der Waals surface area contributed by atoms with E-state index in [4.69, 9.17) is 57.5 Å². The van der Waals surface area contributed by atoms with Crippen LogP contribution in [0.2, 0.25) is 15.1 Å². The molecule has 0 fully saturated rings. The molecule has 6 heteroatoms. The molecule has 0 spiro atoms. The maximum atomic E-state index is 6.07. The molecule has 2 aromatic rings. The van der Waals surface area contributed by atoms with Gasteiger partial charge in [-0.25, -0.2) is 0 Å². The predicted molar refractivity (Wildman–Crippen MR) is 88.1 cm³/mol. The Balaban J connectivity index is 2.16. The molecule has 2 aromatic carbocycles. The highest BCUT2D eigenvalue weighted by molar-refractivity contribution is 7.80. The van der Waals surface area contributed by atoms with Gasteiger partial charge < -0.3 is 10.5 Å². The van der Waals surface area contributed by atoms with E-state index in [9.17, 15) is 0 Å². The third-order valence-electron chi connectivity index (χ3n) is 2.65. The molecule has 0 aromatic heterocycles. The monoisotopic (exact) mass is 345 g/mol. The molecule has 0 heterocycles. The Morgan fingerprint density at radius 3 is 2.25 bits per heavy atom. The molecule has 0 aliphatic carbocycles. The fraction of sp³-hybridized carbons (Fsp3) is 0.0714. The lowest BCUT2D eigenvalue weighted by Gasteiger charge is -2.10. The van der Waals surface area contributed by atoms with E-state index in [0.717, 1.165) is 5.56 Å². The lowest BCUT2D eigenvalue weighted by Crippen LogP contribution is -2.09. The van der Waals surface area contributed by atoms with E-state index in [2.05, 4.69) is 0 Å². The molecule has 2 N–H and O–H groups in total. The molecule has 104 valence electrons. The van der Waals surface area contributed by atoms with Crippen LogP contribution in [0.3, 0.4) is 0 Å². The first-order valence-electron chi connectivity index (χ1n) is 5.64. The molecule has 0 bridgehead atoms. The summed E-state index contributed by atoms with van der Waals surface area (Å²) in [4.78, 5) is 0.246. The molecular formula is C14H10Cl3NOS. The maximum Gasteiger partial charge on any atom is 0.121 e. The highest BCUT2D eigenvalue weighted by Crippen LogP contribution is 2.27. The van der Waals surface area contributed by atoms with Gasteiger partial charge in [-0.2, -0.15) is 0 Å². The van der Waals surface area contributed by atoms with Crippen LogP contribution in [0.4, 0.5) is 0 Å². The molecule has 0 unspecified atom stereocenters. The summed E-state index contributed by atoms with van der Waals surface area (Å²) in [6.45, 7) is 0.251. The van der Waals surface area contributed by atoms with Gasteiger partial charge >= 0.3 is 0 Å². The normalized spacial score (nSPS) is 10.3. The molecule has 0 aliphatic rings. The van der Waals surface area contributed by atoms with Gasteiger partial charge in [-0.15, -0.1) is 0 Å². The van der Waals surface area contributed by atoms with Crippen LogP contribution in [0, 0.1) is 0 Å². The van der Waals surface area contributed by atoms with Crippen LogP contribution in [0.5, 0.6) is 5.75 Å². The quantitative estimate of drug-likeness (QED) is 0.803. The molecule has 0 atom stereocenters. The van der Waals surface area contributed by atoms with Crippen LogP contribution in [-0.2, 0) is 6.61 Å². The SMILES string of the molecule is NC(=S)c1ccc(OCc2c(Cl)cccc2Cl)cc1Cl.